The predicted octanol–water partition coefficient (Wildman–Crippen LogP) is 3.39. The first-order valence-electron chi connectivity index (χ1n) is 7.44. The van der Waals surface area contributed by atoms with Crippen molar-refractivity contribution in [2.75, 3.05) is 13.2 Å². The van der Waals surface area contributed by atoms with Gasteiger partial charge in [0.15, 0.2) is 0 Å². The van der Waals surface area contributed by atoms with E-state index < -0.39 is 5.97 Å². The molecule has 0 unspecified atom stereocenters. The molecule has 0 radical (unpaired) electrons. The Morgan fingerprint density at radius 1 is 0.958 bits per heavy atom. The third-order valence-corrected chi connectivity index (χ3v) is 1.80. The lowest BCUT2D eigenvalue weighted by Crippen LogP contribution is -2.09. The Morgan fingerprint density at radius 2 is 1.33 bits per heavy atom. The van der Waals surface area contributed by atoms with Crippen LogP contribution in [0.15, 0.2) is 37.5 Å². The molecule has 1 N–H and O–H groups in total. The Morgan fingerprint density at radius 3 is 1.58 bits per heavy atom. The Balaban J connectivity index is -0.000000291. The summed E-state index contributed by atoms with van der Waals surface area (Å²) in [5, 5.41) is 7.60. The molecule has 6 heteroatoms. The Hall–Kier alpha value is -2.37. The fraction of sp³-hybridized carbons (Fsp3) is 0.500. The summed E-state index contributed by atoms with van der Waals surface area (Å²) in [7, 11) is 0. The molecule has 0 heterocycles. The van der Waals surface area contributed by atoms with Gasteiger partial charge in [0.25, 0.3) is 0 Å². The van der Waals surface area contributed by atoms with Crippen LogP contribution in [0.1, 0.15) is 34.6 Å². The standard InChI is InChI=1S/C8H14O2.C7H12O2.C3H4O2/c1-6(2)5-10-8(9)7(3)4;1-4-7(8)9-5-6(2)3;1-2-3(4)5/h6H,3,5H2,1-2,4H3;4,6H,1,5H2,2-3H3;2H,1H2,(H,4,5). The van der Waals surface area contributed by atoms with Gasteiger partial charge in [-0.05, 0) is 18.8 Å². The van der Waals surface area contributed by atoms with E-state index in [4.69, 9.17) is 14.6 Å². The third-order valence-electron chi connectivity index (χ3n) is 1.80. The quantitative estimate of drug-likeness (QED) is 0.563. The molecule has 0 saturated carbocycles. The first kappa shape index (κ1) is 26.5. The van der Waals surface area contributed by atoms with Crippen molar-refractivity contribution in [2.24, 2.45) is 11.8 Å². The van der Waals surface area contributed by atoms with Crippen molar-refractivity contribution in [3.8, 4) is 0 Å². The van der Waals surface area contributed by atoms with Crippen LogP contribution in [0.5, 0.6) is 0 Å². The van der Waals surface area contributed by atoms with Crippen molar-refractivity contribution in [3.63, 3.8) is 0 Å². The van der Waals surface area contributed by atoms with Gasteiger partial charge in [-0.1, -0.05) is 47.4 Å². The topological polar surface area (TPSA) is 89.9 Å². The zero-order chi connectivity index (χ0) is 19.7. The molecule has 138 valence electrons. The van der Waals surface area contributed by atoms with Gasteiger partial charge in [-0.15, -0.1) is 0 Å². The SMILES string of the molecule is C=C(C)C(=O)OCC(C)C.C=CC(=O)O.C=CC(=O)OCC(C)C. The van der Waals surface area contributed by atoms with Crippen molar-refractivity contribution in [3.05, 3.63) is 37.5 Å². The molecule has 0 rings (SSSR count). The Kier molecular flexibility index (Phi) is 18.8. The summed E-state index contributed by atoms with van der Waals surface area (Å²) >= 11 is 0. The molecule has 0 saturated heterocycles. The average molecular weight is 342 g/mol. The van der Waals surface area contributed by atoms with Crippen LogP contribution in [0.3, 0.4) is 0 Å². The van der Waals surface area contributed by atoms with Gasteiger partial charge >= 0.3 is 17.9 Å². The van der Waals surface area contributed by atoms with Crippen molar-refractivity contribution < 1.29 is 29.0 Å². The first-order chi connectivity index (χ1) is 11.0. The van der Waals surface area contributed by atoms with Crippen LogP contribution in [-0.4, -0.2) is 36.2 Å². The molecule has 0 aromatic carbocycles. The molecule has 0 amide bonds. The molecule has 0 aromatic heterocycles. The molecule has 0 bridgehead atoms. The van der Waals surface area contributed by atoms with E-state index in [1.807, 2.05) is 27.7 Å². The van der Waals surface area contributed by atoms with E-state index in [0.717, 1.165) is 6.08 Å². The summed E-state index contributed by atoms with van der Waals surface area (Å²) in [6, 6.07) is 0. The number of aliphatic carboxylic acids is 1. The monoisotopic (exact) mass is 342 g/mol. The van der Waals surface area contributed by atoms with E-state index in [1.54, 1.807) is 6.92 Å². The van der Waals surface area contributed by atoms with E-state index in [-0.39, 0.29) is 11.9 Å². The lowest BCUT2D eigenvalue weighted by atomic mass is 10.2. The summed E-state index contributed by atoms with van der Waals surface area (Å²) in [6.45, 7) is 20.2. The molecular weight excluding hydrogens is 312 g/mol. The van der Waals surface area contributed by atoms with Gasteiger partial charge in [0.2, 0.25) is 0 Å². The number of carboxylic acid groups (broad SMARTS) is 1. The van der Waals surface area contributed by atoms with Gasteiger partial charge < -0.3 is 14.6 Å². The van der Waals surface area contributed by atoms with E-state index in [1.165, 1.54) is 6.08 Å². The maximum atomic E-state index is 10.7. The molecule has 0 spiro atoms. The molecule has 0 aliphatic carbocycles. The second kappa shape index (κ2) is 17.0. The summed E-state index contributed by atoms with van der Waals surface area (Å²) in [4.78, 5) is 30.4. The number of ether oxygens (including phenoxy) is 2. The highest BCUT2D eigenvalue weighted by atomic mass is 16.5. The van der Waals surface area contributed by atoms with Gasteiger partial charge in [-0.2, -0.15) is 0 Å². The fourth-order valence-corrected chi connectivity index (χ4v) is 0.673. The molecule has 0 aliphatic rings. The average Bonchev–Trinajstić information content (AvgIpc) is 2.50. The van der Waals surface area contributed by atoms with Gasteiger partial charge in [0.1, 0.15) is 0 Å². The molecule has 0 aromatic rings. The van der Waals surface area contributed by atoms with Crippen LogP contribution in [0, 0.1) is 11.8 Å². The van der Waals surface area contributed by atoms with Gasteiger partial charge in [0.05, 0.1) is 13.2 Å². The Bertz CT molecular complexity index is 421. The van der Waals surface area contributed by atoms with Gasteiger partial charge in [0, 0.05) is 17.7 Å². The van der Waals surface area contributed by atoms with Crippen molar-refractivity contribution in [2.45, 2.75) is 34.6 Å². The molecule has 6 nitrogen and oxygen atoms in total. The van der Waals surface area contributed by atoms with E-state index in [2.05, 4.69) is 19.7 Å². The number of hydrogen-bond acceptors (Lipinski definition) is 5. The van der Waals surface area contributed by atoms with Crippen LogP contribution < -0.4 is 0 Å². The van der Waals surface area contributed by atoms with E-state index >= 15 is 0 Å². The Labute approximate surface area is 144 Å². The van der Waals surface area contributed by atoms with E-state index in [9.17, 15) is 14.4 Å². The van der Waals surface area contributed by atoms with E-state index in [0.29, 0.717) is 30.6 Å². The van der Waals surface area contributed by atoms with Gasteiger partial charge in [-0.25, -0.2) is 14.4 Å². The summed E-state index contributed by atoms with van der Waals surface area (Å²) < 4.78 is 9.52. The maximum absolute atomic E-state index is 10.7. The fourth-order valence-electron chi connectivity index (χ4n) is 0.673. The van der Waals surface area contributed by atoms with Gasteiger partial charge in [-0.3, -0.25) is 0 Å². The highest BCUT2D eigenvalue weighted by molar-refractivity contribution is 5.86. The number of carboxylic acids is 1. The largest absolute Gasteiger partial charge is 0.478 e. The molecular formula is C18H30O6. The minimum Gasteiger partial charge on any atom is -0.478 e. The first-order valence-corrected chi connectivity index (χ1v) is 7.44. The number of esters is 2. The minimum absolute atomic E-state index is 0.297. The second-order valence-corrected chi connectivity index (χ2v) is 5.54. The zero-order valence-electron chi connectivity index (χ0n) is 15.3. The highest BCUT2D eigenvalue weighted by Gasteiger charge is 2.03. The zero-order valence-corrected chi connectivity index (χ0v) is 15.3. The molecule has 0 atom stereocenters. The van der Waals surface area contributed by atoms with Crippen LogP contribution >= 0.6 is 0 Å². The van der Waals surface area contributed by atoms with Crippen LogP contribution in [-0.2, 0) is 23.9 Å². The second-order valence-electron chi connectivity index (χ2n) is 5.54. The predicted molar refractivity (Wildman–Crippen MR) is 94.4 cm³/mol. The van der Waals surface area contributed by atoms with Crippen LogP contribution in [0.2, 0.25) is 0 Å². The minimum atomic E-state index is -0.981. The lowest BCUT2D eigenvalue weighted by molar-refractivity contribution is -0.140. The number of carbonyl (C=O) groups is 3. The normalized spacial score (nSPS) is 8.79. The molecule has 24 heavy (non-hydrogen) atoms. The number of rotatable bonds is 7. The van der Waals surface area contributed by atoms with Crippen molar-refractivity contribution in [1.82, 2.24) is 0 Å². The summed E-state index contributed by atoms with van der Waals surface area (Å²) in [5.74, 6) is -0.834. The number of carbonyl (C=O) groups excluding carboxylic acids is 2. The van der Waals surface area contributed by atoms with Crippen molar-refractivity contribution in [1.29, 1.82) is 0 Å². The smallest absolute Gasteiger partial charge is 0.333 e. The highest BCUT2D eigenvalue weighted by Crippen LogP contribution is 1.97. The van der Waals surface area contributed by atoms with Crippen LogP contribution in [0.4, 0.5) is 0 Å². The molecule has 0 aliphatic heterocycles. The summed E-state index contributed by atoms with van der Waals surface area (Å²) in [6.07, 6.45) is 2.00. The maximum Gasteiger partial charge on any atom is 0.333 e. The number of hydrogen-bond donors (Lipinski definition) is 1. The molecule has 0 fully saturated rings. The third kappa shape index (κ3) is 27.9. The lowest BCUT2D eigenvalue weighted by Gasteiger charge is -2.05. The van der Waals surface area contributed by atoms with Crippen molar-refractivity contribution >= 4 is 17.9 Å². The summed E-state index contributed by atoms with van der Waals surface area (Å²) in [5.41, 5.74) is 0.459. The van der Waals surface area contributed by atoms with Crippen LogP contribution in [0.25, 0.3) is 0 Å².